The highest BCUT2D eigenvalue weighted by atomic mass is 32.1. The fourth-order valence-corrected chi connectivity index (χ4v) is 2.72. The highest BCUT2D eigenvalue weighted by Gasteiger charge is 2.37. The van der Waals surface area contributed by atoms with Crippen LogP contribution in [0.5, 0.6) is 0 Å². The molecule has 0 aliphatic rings. The van der Waals surface area contributed by atoms with Gasteiger partial charge in [-0.1, -0.05) is 25.9 Å². The average molecular weight is 272 g/mol. The Morgan fingerprint density at radius 3 is 2.71 bits per heavy atom. The number of nitrogens with zero attached hydrogens (tertiary/aromatic N) is 2. The van der Waals surface area contributed by atoms with Crippen molar-refractivity contribution in [3.8, 4) is 0 Å². The Hall–Kier alpha value is -0.723. The van der Waals surface area contributed by atoms with Crippen LogP contribution in [0.1, 0.15) is 30.7 Å². The Bertz CT molecular complexity index is 396. The van der Waals surface area contributed by atoms with Crippen LogP contribution in [0, 0.1) is 0 Å². The largest absolute Gasteiger partial charge is 0.412 e. The van der Waals surface area contributed by atoms with Gasteiger partial charge >= 0.3 is 0 Å². The van der Waals surface area contributed by atoms with Crippen molar-refractivity contribution in [2.45, 2.75) is 45.5 Å². The maximum Gasteiger partial charge on any atom is 0.192 e. The molecule has 4 nitrogen and oxygen atoms in total. The summed E-state index contributed by atoms with van der Waals surface area (Å²) in [6.45, 7) is 11.7. The van der Waals surface area contributed by atoms with E-state index in [0.29, 0.717) is 11.6 Å². The van der Waals surface area contributed by atoms with Crippen LogP contribution in [0.15, 0.2) is 11.4 Å². The molecule has 0 atom stereocenters. The second-order valence-corrected chi connectivity index (χ2v) is 11.4. The molecule has 6 heteroatoms. The van der Waals surface area contributed by atoms with Crippen LogP contribution in [0.3, 0.4) is 0 Å². The van der Waals surface area contributed by atoms with E-state index in [1.807, 2.05) is 0 Å². The normalized spacial score (nSPS) is 13.5. The summed E-state index contributed by atoms with van der Waals surface area (Å²) in [6.07, 6.45) is 3.11. The molecule has 0 fully saturated rings. The van der Waals surface area contributed by atoms with E-state index in [9.17, 15) is 0 Å². The lowest BCUT2D eigenvalue weighted by Gasteiger charge is -2.35. The highest BCUT2D eigenvalue weighted by Crippen LogP contribution is 2.37. The standard InChI is InChI=1S/C11H20N2O2SSi/c1-11(2,3)17(4,5)15-8-9-6-12-10(16-9)7-13-14/h6-7,14H,8H2,1-5H3. The number of rotatable bonds is 4. The first-order valence-corrected chi connectivity index (χ1v) is 9.25. The van der Waals surface area contributed by atoms with Gasteiger partial charge in [-0.05, 0) is 18.1 Å². The minimum atomic E-state index is -1.70. The molecule has 0 aliphatic carbocycles. The summed E-state index contributed by atoms with van der Waals surface area (Å²) >= 11 is 1.49. The van der Waals surface area contributed by atoms with E-state index in [-0.39, 0.29) is 5.04 Å². The molecule has 0 amide bonds. The molecule has 17 heavy (non-hydrogen) atoms. The van der Waals surface area contributed by atoms with Crippen molar-refractivity contribution in [3.63, 3.8) is 0 Å². The molecule has 1 aromatic heterocycles. The van der Waals surface area contributed by atoms with Crippen LogP contribution in [-0.4, -0.2) is 24.7 Å². The van der Waals surface area contributed by atoms with Crippen molar-refractivity contribution < 1.29 is 9.63 Å². The number of thiazole rings is 1. The van der Waals surface area contributed by atoms with E-state index in [1.54, 1.807) is 6.20 Å². The summed E-state index contributed by atoms with van der Waals surface area (Å²) in [4.78, 5) is 5.17. The third kappa shape index (κ3) is 3.90. The van der Waals surface area contributed by atoms with Crippen LogP contribution in [0.2, 0.25) is 18.1 Å². The lowest BCUT2D eigenvalue weighted by atomic mass is 10.2. The van der Waals surface area contributed by atoms with Crippen molar-refractivity contribution >= 4 is 25.9 Å². The van der Waals surface area contributed by atoms with Gasteiger partial charge in [0.25, 0.3) is 0 Å². The van der Waals surface area contributed by atoms with Gasteiger partial charge in [0.05, 0.1) is 6.61 Å². The molecule has 0 unspecified atom stereocenters. The Morgan fingerprint density at radius 2 is 2.18 bits per heavy atom. The SMILES string of the molecule is CC(C)(C)[Si](C)(C)OCc1cnc(C=NO)s1. The first kappa shape index (κ1) is 14.3. The summed E-state index contributed by atoms with van der Waals surface area (Å²) in [7, 11) is -1.70. The van der Waals surface area contributed by atoms with Gasteiger partial charge in [-0.25, -0.2) is 4.98 Å². The summed E-state index contributed by atoms with van der Waals surface area (Å²) in [6, 6.07) is 0. The van der Waals surface area contributed by atoms with Crippen molar-refractivity contribution in [1.29, 1.82) is 0 Å². The predicted octanol–water partition coefficient (Wildman–Crippen LogP) is 3.47. The molecule has 1 N–H and O–H groups in total. The quantitative estimate of drug-likeness (QED) is 0.395. The van der Waals surface area contributed by atoms with Crippen LogP contribution in [0.25, 0.3) is 0 Å². The lowest BCUT2D eigenvalue weighted by Crippen LogP contribution is -2.40. The molecule has 0 aromatic carbocycles. The molecule has 0 aliphatic heterocycles. The zero-order chi connectivity index (χ0) is 13.1. The van der Waals surface area contributed by atoms with Gasteiger partial charge < -0.3 is 9.63 Å². The van der Waals surface area contributed by atoms with Gasteiger partial charge in [-0.15, -0.1) is 11.3 Å². The van der Waals surface area contributed by atoms with Gasteiger partial charge in [0.2, 0.25) is 0 Å². The molecular formula is C11H20N2O2SSi. The van der Waals surface area contributed by atoms with E-state index < -0.39 is 8.32 Å². The molecule has 96 valence electrons. The van der Waals surface area contributed by atoms with Crippen LogP contribution in [-0.2, 0) is 11.0 Å². The Balaban J connectivity index is 2.61. The Morgan fingerprint density at radius 1 is 1.53 bits per heavy atom. The summed E-state index contributed by atoms with van der Waals surface area (Å²) in [5.41, 5.74) is 0. The van der Waals surface area contributed by atoms with Gasteiger partial charge in [0.1, 0.15) is 11.2 Å². The number of hydrogen-bond acceptors (Lipinski definition) is 5. The molecule has 0 radical (unpaired) electrons. The second-order valence-electron chi connectivity index (χ2n) is 5.46. The molecule has 1 aromatic rings. The monoisotopic (exact) mass is 272 g/mol. The summed E-state index contributed by atoms with van der Waals surface area (Å²) in [5.74, 6) is 0. The first-order valence-electron chi connectivity index (χ1n) is 5.52. The van der Waals surface area contributed by atoms with Gasteiger partial charge in [0.15, 0.2) is 8.32 Å². The van der Waals surface area contributed by atoms with E-state index in [0.717, 1.165) is 4.88 Å². The first-order chi connectivity index (χ1) is 7.76. The Labute approximate surface area is 107 Å². The van der Waals surface area contributed by atoms with Crippen LogP contribution >= 0.6 is 11.3 Å². The topological polar surface area (TPSA) is 54.7 Å². The number of aromatic nitrogens is 1. The number of oxime groups is 1. The maximum absolute atomic E-state index is 8.41. The molecule has 0 saturated carbocycles. The molecular weight excluding hydrogens is 252 g/mol. The third-order valence-corrected chi connectivity index (χ3v) is 8.50. The van der Waals surface area contributed by atoms with Gasteiger partial charge in [0, 0.05) is 11.1 Å². The van der Waals surface area contributed by atoms with E-state index >= 15 is 0 Å². The molecule has 1 heterocycles. The van der Waals surface area contributed by atoms with E-state index in [2.05, 4.69) is 44.0 Å². The Kier molecular flexibility index (Phi) is 4.46. The maximum atomic E-state index is 8.41. The fraction of sp³-hybridized carbons (Fsp3) is 0.636. The van der Waals surface area contributed by atoms with Crippen LogP contribution < -0.4 is 0 Å². The van der Waals surface area contributed by atoms with Crippen molar-refractivity contribution in [2.75, 3.05) is 0 Å². The molecule has 0 spiro atoms. The van der Waals surface area contributed by atoms with Crippen LogP contribution in [0.4, 0.5) is 0 Å². The minimum absolute atomic E-state index is 0.215. The molecule has 0 bridgehead atoms. The minimum Gasteiger partial charge on any atom is -0.412 e. The van der Waals surface area contributed by atoms with E-state index in [4.69, 9.17) is 9.63 Å². The zero-order valence-corrected chi connectivity index (χ0v) is 12.8. The predicted molar refractivity (Wildman–Crippen MR) is 73.5 cm³/mol. The highest BCUT2D eigenvalue weighted by molar-refractivity contribution is 7.13. The third-order valence-electron chi connectivity index (χ3n) is 3.12. The van der Waals surface area contributed by atoms with Gasteiger partial charge in [-0.2, -0.15) is 0 Å². The summed E-state index contributed by atoms with van der Waals surface area (Å²) < 4.78 is 6.07. The number of hydrogen-bond donors (Lipinski definition) is 1. The van der Waals surface area contributed by atoms with Crippen molar-refractivity contribution in [1.82, 2.24) is 4.98 Å². The molecule has 0 saturated heterocycles. The van der Waals surface area contributed by atoms with Crippen molar-refractivity contribution in [2.24, 2.45) is 5.16 Å². The smallest absolute Gasteiger partial charge is 0.192 e. The van der Waals surface area contributed by atoms with Crippen molar-refractivity contribution in [3.05, 3.63) is 16.1 Å². The fourth-order valence-electron chi connectivity index (χ4n) is 0.966. The molecule has 1 rings (SSSR count). The zero-order valence-electron chi connectivity index (χ0n) is 11.0. The average Bonchev–Trinajstić information content (AvgIpc) is 2.62. The van der Waals surface area contributed by atoms with E-state index in [1.165, 1.54) is 17.6 Å². The lowest BCUT2D eigenvalue weighted by molar-refractivity contribution is 0.279. The summed E-state index contributed by atoms with van der Waals surface area (Å²) in [5, 5.41) is 12.3. The second kappa shape index (κ2) is 5.28. The van der Waals surface area contributed by atoms with Gasteiger partial charge in [-0.3, -0.25) is 0 Å².